The first-order valence-corrected chi connectivity index (χ1v) is 7.65. The highest BCUT2D eigenvalue weighted by atomic mass is 15.2. The molecule has 19 heavy (non-hydrogen) atoms. The van der Waals surface area contributed by atoms with Crippen LogP contribution in [0.5, 0.6) is 0 Å². The van der Waals surface area contributed by atoms with Crippen LogP contribution in [0.3, 0.4) is 0 Å². The van der Waals surface area contributed by atoms with Gasteiger partial charge in [-0.15, -0.1) is 0 Å². The Balaban J connectivity index is 2.90. The molecule has 0 radical (unpaired) electrons. The van der Waals surface area contributed by atoms with Crippen molar-refractivity contribution in [2.45, 2.75) is 59.2 Å². The van der Waals surface area contributed by atoms with Gasteiger partial charge in [-0.25, -0.2) is 0 Å². The highest BCUT2D eigenvalue weighted by Gasteiger charge is 2.24. The average Bonchev–Trinajstić information content (AvgIpc) is 2.40. The second kappa shape index (κ2) is 8.34. The lowest BCUT2D eigenvalue weighted by Gasteiger charge is -2.37. The molecule has 0 bridgehead atoms. The number of likely N-dealkylation sites (N-methyl/N-ethyl adjacent to an activating group) is 1. The Morgan fingerprint density at radius 3 is 2.16 bits per heavy atom. The van der Waals surface area contributed by atoms with E-state index in [1.165, 1.54) is 12.0 Å². The van der Waals surface area contributed by atoms with Gasteiger partial charge in [0.15, 0.2) is 0 Å². The first kappa shape index (κ1) is 16.2. The van der Waals surface area contributed by atoms with Crippen LogP contribution in [0.2, 0.25) is 0 Å². The van der Waals surface area contributed by atoms with Crippen molar-refractivity contribution in [1.29, 1.82) is 0 Å². The summed E-state index contributed by atoms with van der Waals surface area (Å²) in [6.07, 6.45) is 1.17. The van der Waals surface area contributed by atoms with Gasteiger partial charge in [-0.1, -0.05) is 44.2 Å². The smallest absolute Gasteiger partial charge is 0.0475 e. The number of nitrogens with one attached hydrogen (secondary N) is 1. The van der Waals surface area contributed by atoms with E-state index in [4.69, 9.17) is 0 Å². The summed E-state index contributed by atoms with van der Waals surface area (Å²) in [6, 6.07) is 12.3. The Hall–Kier alpha value is -0.860. The molecule has 1 aromatic carbocycles. The summed E-state index contributed by atoms with van der Waals surface area (Å²) < 4.78 is 0. The summed E-state index contributed by atoms with van der Waals surface area (Å²) in [7, 11) is 0. The Morgan fingerprint density at radius 1 is 1.05 bits per heavy atom. The predicted molar refractivity (Wildman–Crippen MR) is 84.5 cm³/mol. The van der Waals surface area contributed by atoms with Crippen molar-refractivity contribution in [2.24, 2.45) is 0 Å². The molecule has 2 atom stereocenters. The Bertz CT molecular complexity index is 334. The first-order valence-electron chi connectivity index (χ1n) is 7.65. The molecule has 0 heterocycles. The molecule has 1 aromatic rings. The molecule has 0 spiro atoms. The van der Waals surface area contributed by atoms with Crippen LogP contribution in [-0.4, -0.2) is 30.1 Å². The molecule has 0 aliphatic rings. The SMILES string of the molecule is CCCNC(c1ccccc1)C(C)N(CC)C(C)C. The molecule has 2 heteroatoms. The molecule has 0 saturated heterocycles. The number of benzene rings is 1. The van der Waals surface area contributed by atoms with E-state index in [-0.39, 0.29) is 0 Å². The van der Waals surface area contributed by atoms with E-state index >= 15 is 0 Å². The molecule has 0 amide bonds. The summed E-state index contributed by atoms with van der Waals surface area (Å²) in [6.45, 7) is 13.5. The predicted octanol–water partition coefficient (Wildman–Crippen LogP) is 3.85. The van der Waals surface area contributed by atoms with Crippen molar-refractivity contribution in [3.63, 3.8) is 0 Å². The van der Waals surface area contributed by atoms with E-state index in [2.05, 4.69) is 75.2 Å². The molecular formula is C17H30N2. The van der Waals surface area contributed by atoms with Gasteiger partial charge in [0.25, 0.3) is 0 Å². The average molecular weight is 262 g/mol. The minimum atomic E-state index is 0.406. The molecule has 1 N–H and O–H groups in total. The molecular weight excluding hydrogens is 232 g/mol. The number of rotatable bonds is 8. The summed E-state index contributed by atoms with van der Waals surface area (Å²) >= 11 is 0. The van der Waals surface area contributed by atoms with E-state index in [9.17, 15) is 0 Å². The summed E-state index contributed by atoms with van der Waals surface area (Å²) in [5.41, 5.74) is 1.39. The minimum Gasteiger partial charge on any atom is -0.309 e. The molecule has 0 aliphatic heterocycles. The van der Waals surface area contributed by atoms with Gasteiger partial charge >= 0.3 is 0 Å². The van der Waals surface area contributed by atoms with Gasteiger partial charge in [-0.05, 0) is 45.8 Å². The second-order valence-corrected chi connectivity index (χ2v) is 5.51. The zero-order chi connectivity index (χ0) is 14.3. The fourth-order valence-corrected chi connectivity index (χ4v) is 2.84. The summed E-state index contributed by atoms with van der Waals surface area (Å²) in [5.74, 6) is 0. The van der Waals surface area contributed by atoms with Gasteiger partial charge in [0.05, 0.1) is 0 Å². The van der Waals surface area contributed by atoms with E-state index < -0.39 is 0 Å². The van der Waals surface area contributed by atoms with Crippen LogP contribution in [-0.2, 0) is 0 Å². The third-order valence-electron chi connectivity index (χ3n) is 3.81. The lowest BCUT2D eigenvalue weighted by molar-refractivity contribution is 0.139. The zero-order valence-corrected chi connectivity index (χ0v) is 13.2. The zero-order valence-electron chi connectivity index (χ0n) is 13.2. The largest absolute Gasteiger partial charge is 0.309 e. The lowest BCUT2D eigenvalue weighted by atomic mass is 9.98. The third-order valence-corrected chi connectivity index (χ3v) is 3.81. The molecule has 108 valence electrons. The Morgan fingerprint density at radius 2 is 1.68 bits per heavy atom. The van der Waals surface area contributed by atoms with E-state index in [0.717, 1.165) is 13.1 Å². The van der Waals surface area contributed by atoms with Crippen LogP contribution in [0.4, 0.5) is 0 Å². The van der Waals surface area contributed by atoms with Crippen LogP contribution in [0, 0.1) is 0 Å². The normalized spacial score (nSPS) is 14.9. The Labute approximate surface area is 119 Å². The lowest BCUT2D eigenvalue weighted by Crippen LogP contribution is -2.46. The number of nitrogens with zero attached hydrogens (tertiary/aromatic N) is 1. The molecule has 0 aromatic heterocycles. The number of hydrogen-bond donors (Lipinski definition) is 1. The van der Waals surface area contributed by atoms with Crippen molar-refractivity contribution in [3.8, 4) is 0 Å². The van der Waals surface area contributed by atoms with Crippen LogP contribution < -0.4 is 5.32 Å². The maximum Gasteiger partial charge on any atom is 0.0475 e. The van der Waals surface area contributed by atoms with Crippen molar-refractivity contribution < 1.29 is 0 Å². The number of hydrogen-bond acceptors (Lipinski definition) is 2. The first-order chi connectivity index (χ1) is 9.11. The minimum absolute atomic E-state index is 0.406. The maximum absolute atomic E-state index is 3.71. The fraction of sp³-hybridized carbons (Fsp3) is 0.647. The highest BCUT2D eigenvalue weighted by molar-refractivity contribution is 5.20. The Kier molecular flexibility index (Phi) is 7.11. The second-order valence-electron chi connectivity index (χ2n) is 5.51. The van der Waals surface area contributed by atoms with Gasteiger partial charge in [-0.3, -0.25) is 4.90 Å². The van der Waals surface area contributed by atoms with E-state index in [1.54, 1.807) is 0 Å². The van der Waals surface area contributed by atoms with Crippen LogP contribution in [0.15, 0.2) is 30.3 Å². The van der Waals surface area contributed by atoms with Gasteiger partial charge in [0.1, 0.15) is 0 Å². The molecule has 0 saturated carbocycles. The van der Waals surface area contributed by atoms with Crippen molar-refractivity contribution in [2.75, 3.05) is 13.1 Å². The van der Waals surface area contributed by atoms with Crippen LogP contribution >= 0.6 is 0 Å². The van der Waals surface area contributed by atoms with E-state index in [0.29, 0.717) is 18.1 Å². The maximum atomic E-state index is 3.71. The van der Waals surface area contributed by atoms with Crippen molar-refractivity contribution >= 4 is 0 Å². The standard InChI is InChI=1S/C17H30N2/c1-6-13-18-17(16-11-9-8-10-12-16)15(5)19(7-2)14(3)4/h8-12,14-15,17-18H,6-7,13H2,1-5H3. The van der Waals surface area contributed by atoms with Gasteiger partial charge in [0, 0.05) is 18.1 Å². The van der Waals surface area contributed by atoms with Gasteiger partial charge < -0.3 is 5.32 Å². The van der Waals surface area contributed by atoms with Crippen LogP contribution in [0.25, 0.3) is 0 Å². The quantitative estimate of drug-likeness (QED) is 0.765. The summed E-state index contributed by atoms with van der Waals surface area (Å²) in [4.78, 5) is 2.56. The highest BCUT2D eigenvalue weighted by Crippen LogP contribution is 2.22. The molecule has 1 rings (SSSR count). The van der Waals surface area contributed by atoms with Crippen LogP contribution in [0.1, 0.15) is 52.6 Å². The van der Waals surface area contributed by atoms with Crippen molar-refractivity contribution in [1.82, 2.24) is 10.2 Å². The van der Waals surface area contributed by atoms with Gasteiger partial charge in [0.2, 0.25) is 0 Å². The fourth-order valence-electron chi connectivity index (χ4n) is 2.84. The molecule has 0 fully saturated rings. The summed E-state index contributed by atoms with van der Waals surface area (Å²) in [5, 5.41) is 3.71. The molecule has 2 unspecified atom stereocenters. The molecule has 0 aliphatic carbocycles. The van der Waals surface area contributed by atoms with Crippen molar-refractivity contribution in [3.05, 3.63) is 35.9 Å². The molecule has 2 nitrogen and oxygen atoms in total. The van der Waals surface area contributed by atoms with E-state index in [1.807, 2.05) is 0 Å². The topological polar surface area (TPSA) is 15.3 Å². The third kappa shape index (κ3) is 4.63. The van der Waals surface area contributed by atoms with Gasteiger partial charge in [-0.2, -0.15) is 0 Å². The monoisotopic (exact) mass is 262 g/mol.